The number of rotatable bonds is 7. The summed E-state index contributed by atoms with van der Waals surface area (Å²) in [5.74, 6) is 0.843. The fourth-order valence-corrected chi connectivity index (χ4v) is 1.54. The van der Waals surface area contributed by atoms with Crippen molar-refractivity contribution in [1.82, 2.24) is 0 Å². The maximum Gasteiger partial charge on any atom is 0.119 e. The van der Waals surface area contributed by atoms with Gasteiger partial charge in [-0.05, 0) is 37.5 Å². The summed E-state index contributed by atoms with van der Waals surface area (Å²) in [4.78, 5) is 0. The fourth-order valence-electron chi connectivity index (χ4n) is 1.54. The molecule has 0 radical (unpaired) electrons. The molecule has 0 aliphatic heterocycles. The van der Waals surface area contributed by atoms with Gasteiger partial charge in [0.25, 0.3) is 0 Å². The van der Waals surface area contributed by atoms with E-state index in [1.54, 1.807) is 7.11 Å². The molecule has 0 aliphatic carbocycles. The van der Waals surface area contributed by atoms with Crippen molar-refractivity contribution >= 4 is 0 Å². The van der Waals surface area contributed by atoms with Crippen molar-refractivity contribution in [2.24, 2.45) is 0 Å². The first-order valence-corrected chi connectivity index (χ1v) is 5.67. The zero-order valence-electron chi connectivity index (χ0n) is 9.98. The standard InChI is InChI=1S/C13H20O3/c1-3-16-12-8-6-11(7-9-12)13(14)5-4-10-15-2/h6-9,13-14H,3-5,10H2,1-2H3. The number of hydrogen-bond acceptors (Lipinski definition) is 3. The third-order valence-corrected chi connectivity index (χ3v) is 2.40. The highest BCUT2D eigenvalue weighted by Gasteiger charge is 2.06. The Balaban J connectivity index is 2.46. The number of methoxy groups -OCH3 is 1. The van der Waals surface area contributed by atoms with E-state index in [0.29, 0.717) is 13.2 Å². The molecule has 0 saturated carbocycles. The molecule has 0 heterocycles. The molecule has 3 heteroatoms. The van der Waals surface area contributed by atoms with Gasteiger partial charge < -0.3 is 14.6 Å². The number of aliphatic hydroxyl groups is 1. The monoisotopic (exact) mass is 224 g/mol. The molecular weight excluding hydrogens is 204 g/mol. The van der Waals surface area contributed by atoms with E-state index in [1.807, 2.05) is 31.2 Å². The Hall–Kier alpha value is -1.06. The topological polar surface area (TPSA) is 38.7 Å². The molecular formula is C13H20O3. The third-order valence-electron chi connectivity index (χ3n) is 2.40. The molecule has 1 rings (SSSR count). The van der Waals surface area contributed by atoms with Gasteiger partial charge in [-0.15, -0.1) is 0 Å². The summed E-state index contributed by atoms with van der Waals surface area (Å²) in [7, 11) is 1.67. The summed E-state index contributed by atoms with van der Waals surface area (Å²) in [6.07, 6.45) is 1.18. The maximum atomic E-state index is 9.87. The van der Waals surface area contributed by atoms with Crippen molar-refractivity contribution in [2.75, 3.05) is 20.3 Å². The zero-order valence-corrected chi connectivity index (χ0v) is 9.98. The molecule has 1 unspecified atom stereocenters. The molecule has 1 N–H and O–H groups in total. The van der Waals surface area contributed by atoms with Crippen molar-refractivity contribution in [3.05, 3.63) is 29.8 Å². The van der Waals surface area contributed by atoms with Crippen LogP contribution in [0.1, 0.15) is 31.4 Å². The third kappa shape index (κ3) is 4.21. The molecule has 0 aromatic heterocycles. The summed E-state index contributed by atoms with van der Waals surface area (Å²) in [6.45, 7) is 3.30. The second kappa shape index (κ2) is 7.25. The Morgan fingerprint density at radius 3 is 2.50 bits per heavy atom. The van der Waals surface area contributed by atoms with Crippen LogP contribution in [0.2, 0.25) is 0 Å². The highest BCUT2D eigenvalue weighted by Crippen LogP contribution is 2.21. The van der Waals surface area contributed by atoms with E-state index in [0.717, 1.165) is 24.2 Å². The van der Waals surface area contributed by atoms with Gasteiger partial charge >= 0.3 is 0 Å². The van der Waals surface area contributed by atoms with Crippen molar-refractivity contribution in [3.63, 3.8) is 0 Å². The van der Waals surface area contributed by atoms with Crippen LogP contribution in [0.15, 0.2) is 24.3 Å². The van der Waals surface area contributed by atoms with E-state index >= 15 is 0 Å². The highest BCUT2D eigenvalue weighted by atomic mass is 16.5. The average molecular weight is 224 g/mol. The maximum absolute atomic E-state index is 9.87. The van der Waals surface area contributed by atoms with Gasteiger partial charge in [-0.2, -0.15) is 0 Å². The lowest BCUT2D eigenvalue weighted by Gasteiger charge is -2.11. The first-order valence-electron chi connectivity index (χ1n) is 5.67. The molecule has 0 bridgehead atoms. The quantitative estimate of drug-likeness (QED) is 0.723. The molecule has 1 aromatic carbocycles. The Morgan fingerprint density at radius 2 is 1.94 bits per heavy atom. The van der Waals surface area contributed by atoms with Crippen molar-refractivity contribution in [2.45, 2.75) is 25.9 Å². The van der Waals surface area contributed by atoms with E-state index in [9.17, 15) is 5.11 Å². The zero-order chi connectivity index (χ0) is 11.8. The molecule has 0 spiro atoms. The van der Waals surface area contributed by atoms with Gasteiger partial charge in [0.05, 0.1) is 12.7 Å². The lowest BCUT2D eigenvalue weighted by Crippen LogP contribution is -2.00. The highest BCUT2D eigenvalue weighted by molar-refractivity contribution is 5.28. The van der Waals surface area contributed by atoms with E-state index < -0.39 is 6.10 Å². The van der Waals surface area contributed by atoms with Crippen LogP contribution in [0.25, 0.3) is 0 Å². The summed E-state index contributed by atoms with van der Waals surface area (Å²) in [5.41, 5.74) is 0.930. The molecule has 0 saturated heterocycles. The van der Waals surface area contributed by atoms with Gasteiger partial charge in [0.1, 0.15) is 5.75 Å². The Morgan fingerprint density at radius 1 is 1.25 bits per heavy atom. The van der Waals surface area contributed by atoms with Gasteiger partial charge in [-0.25, -0.2) is 0 Å². The van der Waals surface area contributed by atoms with Crippen LogP contribution in [-0.4, -0.2) is 25.4 Å². The van der Waals surface area contributed by atoms with Gasteiger partial charge in [-0.3, -0.25) is 0 Å². The lowest BCUT2D eigenvalue weighted by molar-refractivity contribution is 0.136. The predicted molar refractivity (Wildman–Crippen MR) is 63.7 cm³/mol. The molecule has 0 amide bonds. The molecule has 3 nitrogen and oxygen atoms in total. The Labute approximate surface area is 97.0 Å². The lowest BCUT2D eigenvalue weighted by atomic mass is 10.1. The average Bonchev–Trinajstić information content (AvgIpc) is 2.30. The summed E-state index contributed by atoms with van der Waals surface area (Å²) < 4.78 is 10.3. The molecule has 90 valence electrons. The first-order chi connectivity index (χ1) is 7.77. The minimum Gasteiger partial charge on any atom is -0.494 e. The van der Waals surface area contributed by atoms with Crippen LogP contribution in [0.5, 0.6) is 5.75 Å². The van der Waals surface area contributed by atoms with Crippen LogP contribution in [0.3, 0.4) is 0 Å². The van der Waals surface area contributed by atoms with Gasteiger partial charge in [0.15, 0.2) is 0 Å². The van der Waals surface area contributed by atoms with Crippen LogP contribution in [0, 0.1) is 0 Å². The van der Waals surface area contributed by atoms with Crippen LogP contribution in [0.4, 0.5) is 0 Å². The van der Waals surface area contributed by atoms with E-state index in [4.69, 9.17) is 9.47 Å². The molecule has 0 aliphatic rings. The van der Waals surface area contributed by atoms with E-state index in [-0.39, 0.29) is 0 Å². The summed E-state index contributed by atoms with van der Waals surface area (Å²) in [5, 5.41) is 9.87. The predicted octanol–water partition coefficient (Wildman–Crippen LogP) is 2.55. The van der Waals surface area contributed by atoms with E-state index in [1.165, 1.54) is 0 Å². The number of hydrogen-bond donors (Lipinski definition) is 1. The van der Waals surface area contributed by atoms with E-state index in [2.05, 4.69) is 0 Å². The number of ether oxygens (including phenoxy) is 2. The molecule has 1 aromatic rings. The molecule has 0 fully saturated rings. The summed E-state index contributed by atoms with van der Waals surface area (Å²) >= 11 is 0. The van der Waals surface area contributed by atoms with Crippen LogP contribution in [-0.2, 0) is 4.74 Å². The van der Waals surface area contributed by atoms with Crippen molar-refractivity contribution in [1.29, 1.82) is 0 Å². The Bertz CT molecular complexity index is 282. The van der Waals surface area contributed by atoms with Crippen LogP contribution >= 0.6 is 0 Å². The second-order valence-electron chi connectivity index (χ2n) is 3.65. The second-order valence-corrected chi connectivity index (χ2v) is 3.65. The fraction of sp³-hybridized carbons (Fsp3) is 0.538. The number of benzene rings is 1. The smallest absolute Gasteiger partial charge is 0.119 e. The first kappa shape index (κ1) is 13.0. The minimum absolute atomic E-state index is 0.411. The summed E-state index contributed by atoms with van der Waals surface area (Å²) in [6, 6.07) is 7.58. The SMILES string of the molecule is CCOc1ccc(C(O)CCCOC)cc1. The van der Waals surface area contributed by atoms with Gasteiger partial charge in [0.2, 0.25) is 0 Å². The van der Waals surface area contributed by atoms with Crippen molar-refractivity contribution in [3.8, 4) is 5.75 Å². The minimum atomic E-state index is -0.411. The molecule has 1 atom stereocenters. The Kier molecular flexibility index (Phi) is 5.90. The van der Waals surface area contributed by atoms with Crippen molar-refractivity contribution < 1.29 is 14.6 Å². The van der Waals surface area contributed by atoms with Gasteiger partial charge in [0, 0.05) is 13.7 Å². The molecule has 16 heavy (non-hydrogen) atoms. The number of aliphatic hydroxyl groups excluding tert-OH is 1. The normalized spacial score (nSPS) is 12.4. The largest absolute Gasteiger partial charge is 0.494 e. The van der Waals surface area contributed by atoms with Crippen LogP contribution < -0.4 is 4.74 Å². The van der Waals surface area contributed by atoms with Gasteiger partial charge in [-0.1, -0.05) is 12.1 Å².